The van der Waals surface area contributed by atoms with Crippen LogP contribution in [0.5, 0.6) is 0 Å². The Bertz CT molecular complexity index is 2470. The predicted molar refractivity (Wildman–Crippen MR) is 280 cm³/mol. The number of rotatable bonds is 29. The van der Waals surface area contributed by atoms with Crippen LogP contribution in [0.2, 0.25) is 0 Å². The second-order valence-corrected chi connectivity index (χ2v) is 21.2. The van der Waals surface area contributed by atoms with Crippen molar-refractivity contribution in [2.24, 2.45) is 5.92 Å². The summed E-state index contributed by atoms with van der Waals surface area (Å²) in [6.07, 6.45) is 7.66. The maximum atomic E-state index is 14.2. The van der Waals surface area contributed by atoms with Gasteiger partial charge in [-0.3, -0.25) is 33.9 Å². The molecule has 0 spiro atoms. The van der Waals surface area contributed by atoms with Crippen molar-refractivity contribution in [2.45, 2.75) is 168 Å². The summed E-state index contributed by atoms with van der Waals surface area (Å²) < 4.78 is 3.46. The molecule has 0 radical (unpaired) electrons. The molecular formula is C51H70N16O6S2. The molecule has 2 aromatic carbocycles. The lowest BCUT2D eigenvalue weighted by molar-refractivity contribution is -0.138. The van der Waals surface area contributed by atoms with Crippen LogP contribution < -0.4 is 21.3 Å². The van der Waals surface area contributed by atoms with Gasteiger partial charge in [-0.25, -0.2) is 9.36 Å². The van der Waals surface area contributed by atoms with E-state index in [0.29, 0.717) is 94.4 Å². The van der Waals surface area contributed by atoms with Crippen molar-refractivity contribution in [3.63, 3.8) is 0 Å². The van der Waals surface area contributed by atoms with Gasteiger partial charge in [-0.15, -0.1) is 10.2 Å². The highest BCUT2D eigenvalue weighted by Crippen LogP contribution is 2.29. The fraction of sp³-hybridized carbons (Fsp3) is 0.549. The van der Waals surface area contributed by atoms with E-state index < -0.39 is 24.0 Å². The summed E-state index contributed by atoms with van der Waals surface area (Å²) in [5, 5.41) is 44.6. The van der Waals surface area contributed by atoms with E-state index in [4.69, 9.17) is 0 Å². The molecule has 5 aromatic rings. The Labute approximate surface area is 445 Å². The van der Waals surface area contributed by atoms with E-state index in [0.717, 1.165) is 35.5 Å². The summed E-state index contributed by atoms with van der Waals surface area (Å²) in [7, 11) is 1.69. The van der Waals surface area contributed by atoms with Crippen LogP contribution in [-0.2, 0) is 32.3 Å². The molecule has 2 fully saturated rings. The monoisotopic (exact) mass is 1070 g/mol. The summed E-state index contributed by atoms with van der Waals surface area (Å²) in [4.78, 5) is 86.6. The normalized spacial score (nSPS) is 17.1. The van der Waals surface area contributed by atoms with Gasteiger partial charge in [-0.2, -0.15) is 5.10 Å². The van der Waals surface area contributed by atoms with E-state index in [2.05, 4.69) is 62.5 Å². The summed E-state index contributed by atoms with van der Waals surface area (Å²) >= 11 is 2.91. The third-order valence-electron chi connectivity index (χ3n) is 13.8. The Morgan fingerprint density at radius 2 is 1.24 bits per heavy atom. The number of carbonyl (C=O) groups excluding carboxylic acids is 6. The van der Waals surface area contributed by atoms with Gasteiger partial charge < -0.3 is 31.1 Å². The first kappa shape index (κ1) is 56.2. The SMILES string of the molecule is CC[C@@H](C)C(=O)N[C@@H](CCCCNC(=O)c1cc(C(=O)CCCCC[C@H](NC(=O)[C@H](C)NC)C(=O)N2CCC[C@H]2Cn2nnnc2Sc2ccccc2)n[nH]1)C(=O)N1CCC[C@H]1Cn1nnnc1Sc1ccccc1. The van der Waals surface area contributed by atoms with Crippen LogP contribution >= 0.6 is 23.5 Å². The van der Waals surface area contributed by atoms with Crippen LogP contribution in [0.25, 0.3) is 0 Å². The zero-order chi connectivity index (χ0) is 53.1. The van der Waals surface area contributed by atoms with E-state index in [9.17, 15) is 28.8 Å². The van der Waals surface area contributed by atoms with E-state index >= 15 is 0 Å². The number of nitrogens with zero attached hydrogens (tertiary/aromatic N) is 11. The van der Waals surface area contributed by atoms with Crippen LogP contribution in [-0.4, -0.2) is 153 Å². The van der Waals surface area contributed by atoms with Crippen LogP contribution in [0.15, 0.2) is 86.8 Å². The summed E-state index contributed by atoms with van der Waals surface area (Å²) in [5.41, 5.74) is 0.305. The highest BCUT2D eigenvalue weighted by atomic mass is 32.2. The number of carbonyl (C=O) groups is 6. The molecule has 5 heterocycles. The molecule has 5 N–H and O–H groups in total. The minimum Gasteiger partial charge on any atom is -0.351 e. The molecule has 2 saturated heterocycles. The van der Waals surface area contributed by atoms with Gasteiger partial charge in [0.05, 0.1) is 31.2 Å². The molecule has 75 heavy (non-hydrogen) atoms. The second-order valence-electron chi connectivity index (χ2n) is 19.2. The van der Waals surface area contributed by atoms with Crippen molar-refractivity contribution in [3.8, 4) is 0 Å². The molecule has 0 bridgehead atoms. The first-order chi connectivity index (χ1) is 36.4. The van der Waals surface area contributed by atoms with Crippen LogP contribution in [0.3, 0.4) is 0 Å². The molecule has 6 atom stereocenters. The number of ketones is 1. The molecule has 3 aromatic heterocycles. The summed E-state index contributed by atoms with van der Waals surface area (Å²) in [6.45, 7) is 7.80. The van der Waals surface area contributed by atoms with Crippen LogP contribution in [0.1, 0.15) is 125 Å². The first-order valence-electron chi connectivity index (χ1n) is 26.2. The van der Waals surface area contributed by atoms with Crippen LogP contribution in [0.4, 0.5) is 0 Å². The van der Waals surface area contributed by atoms with E-state index in [1.807, 2.05) is 84.3 Å². The van der Waals surface area contributed by atoms with E-state index in [1.165, 1.54) is 29.6 Å². The van der Waals surface area contributed by atoms with E-state index in [-0.39, 0.29) is 65.2 Å². The smallest absolute Gasteiger partial charge is 0.269 e. The van der Waals surface area contributed by atoms with Crippen molar-refractivity contribution in [3.05, 3.63) is 78.1 Å². The molecule has 24 heteroatoms. The number of unbranched alkanes of at least 4 members (excludes halogenated alkanes) is 3. The number of hydrogen-bond donors (Lipinski definition) is 5. The van der Waals surface area contributed by atoms with Crippen molar-refractivity contribution < 1.29 is 28.8 Å². The first-order valence-corrected chi connectivity index (χ1v) is 27.8. The van der Waals surface area contributed by atoms with Gasteiger partial charge in [-0.05, 0) is 153 Å². The third-order valence-corrected chi connectivity index (χ3v) is 15.8. The molecule has 2 aliphatic heterocycles. The lowest BCUT2D eigenvalue weighted by Crippen LogP contribution is -2.53. The molecule has 402 valence electrons. The quantitative estimate of drug-likeness (QED) is 0.0320. The Kier molecular flexibility index (Phi) is 21.3. The molecule has 0 saturated carbocycles. The van der Waals surface area contributed by atoms with E-state index in [1.54, 1.807) is 23.3 Å². The van der Waals surface area contributed by atoms with Crippen molar-refractivity contribution in [1.82, 2.24) is 81.7 Å². The molecule has 5 amide bonds. The fourth-order valence-corrected chi connectivity index (χ4v) is 10.7. The molecule has 0 aliphatic carbocycles. The average molecular weight is 1070 g/mol. The number of Topliss-reactive ketones (excluding diaryl/α,β-unsaturated/α-hetero) is 1. The number of nitrogens with one attached hydrogen (secondary N) is 5. The molecule has 0 unspecified atom stereocenters. The predicted octanol–water partition coefficient (Wildman–Crippen LogP) is 4.72. The van der Waals surface area contributed by atoms with Crippen molar-refractivity contribution in [1.29, 1.82) is 0 Å². The number of amides is 5. The average Bonchev–Trinajstić information content (AvgIpc) is 4.31. The lowest BCUT2D eigenvalue weighted by atomic mass is 10.0. The van der Waals surface area contributed by atoms with Gasteiger partial charge in [0.2, 0.25) is 33.9 Å². The van der Waals surface area contributed by atoms with Gasteiger partial charge >= 0.3 is 0 Å². The number of tetrazole rings is 2. The van der Waals surface area contributed by atoms with Gasteiger partial charge in [0.15, 0.2) is 5.78 Å². The highest BCUT2D eigenvalue weighted by Gasteiger charge is 2.37. The summed E-state index contributed by atoms with van der Waals surface area (Å²) in [5.74, 6) is -1.64. The molecule has 7 rings (SSSR count). The van der Waals surface area contributed by atoms with Crippen LogP contribution in [0, 0.1) is 5.92 Å². The van der Waals surface area contributed by atoms with Crippen molar-refractivity contribution in [2.75, 3.05) is 26.7 Å². The Hall–Kier alpha value is -6.53. The zero-order valence-electron chi connectivity index (χ0n) is 43.2. The number of aromatic amines is 1. The third kappa shape index (κ3) is 16.0. The largest absolute Gasteiger partial charge is 0.351 e. The number of benzene rings is 2. The fourth-order valence-electron chi connectivity index (χ4n) is 9.12. The standard InChI is InChI=1S/C51H70N16O6S2/c1-5-34(2)45(69)54-40(48(72)64-29-17-19-36(64)32-66-50(58-60-62-66)74-38-21-9-6-10-22-38)26-15-16-28-53-47(71)43-31-42(56-57-43)44(68)27-14-8-13-25-41(55-46(70)35(3)52-4)49(73)65-30-18-20-37(65)33-67-51(59-61-63-67)75-39-23-11-7-12-24-39/h6-7,9-12,21-24,31,34-37,40-41,52H,5,8,13-20,25-30,32-33H2,1-4H3,(H,53,71)(H,54,69)(H,55,70)(H,56,57)/t34-,35+,36+,37+,40+,41+/m1/s1. The number of H-pyrrole nitrogens is 1. The highest BCUT2D eigenvalue weighted by molar-refractivity contribution is 7.99. The molecule has 22 nitrogen and oxygen atoms in total. The number of likely N-dealkylation sites (N-methyl/N-ethyl adjacent to an activating group) is 1. The van der Waals surface area contributed by atoms with Gasteiger partial charge in [0, 0.05) is 41.8 Å². The molecular weight excluding hydrogens is 997 g/mol. The second kappa shape index (κ2) is 28.4. The van der Waals surface area contributed by atoms with Gasteiger partial charge in [-0.1, -0.05) is 63.1 Å². The maximum Gasteiger partial charge on any atom is 0.269 e. The number of aromatic nitrogens is 10. The lowest BCUT2D eigenvalue weighted by Gasteiger charge is -2.30. The topological polar surface area (TPSA) is 273 Å². The zero-order valence-corrected chi connectivity index (χ0v) is 44.9. The van der Waals surface area contributed by atoms with Crippen molar-refractivity contribution >= 4 is 58.8 Å². The minimum atomic E-state index is -0.750. The Morgan fingerprint density at radius 1 is 0.707 bits per heavy atom. The summed E-state index contributed by atoms with van der Waals surface area (Å²) in [6, 6.07) is 18.8. The molecule has 2 aliphatic rings. The van der Waals surface area contributed by atoms with Gasteiger partial charge in [0.1, 0.15) is 23.5 Å². The number of likely N-dealkylation sites (tertiary alicyclic amines) is 2. The maximum absolute atomic E-state index is 14.2. The number of hydrogen-bond acceptors (Lipinski definition) is 16. The Balaban J connectivity index is 0.848. The minimum absolute atomic E-state index is 0.140. The van der Waals surface area contributed by atoms with Gasteiger partial charge in [0.25, 0.3) is 5.91 Å². The Morgan fingerprint density at radius 3 is 1.77 bits per heavy atom.